The molecule has 1 N–H and O–H groups in total. The van der Waals surface area contributed by atoms with Crippen molar-refractivity contribution in [3.05, 3.63) is 33.3 Å². The highest BCUT2D eigenvalue weighted by Gasteiger charge is 2.22. The number of aliphatic hydroxyl groups is 1. The van der Waals surface area contributed by atoms with Gasteiger partial charge in [-0.1, -0.05) is 23.2 Å². The summed E-state index contributed by atoms with van der Waals surface area (Å²) in [5, 5.41) is 9.69. The molecule has 0 atom stereocenters. The summed E-state index contributed by atoms with van der Waals surface area (Å²) in [5.41, 5.74) is 1.32. The fourth-order valence-electron chi connectivity index (χ4n) is 2.49. The van der Waals surface area contributed by atoms with Gasteiger partial charge >= 0.3 is 0 Å². The molecule has 1 fully saturated rings. The van der Waals surface area contributed by atoms with Gasteiger partial charge in [-0.2, -0.15) is 0 Å². The van der Waals surface area contributed by atoms with Gasteiger partial charge in [0.1, 0.15) is 0 Å². The van der Waals surface area contributed by atoms with E-state index < -0.39 is 0 Å². The summed E-state index contributed by atoms with van der Waals surface area (Å²) in [7, 11) is 0. The molecule has 7 heteroatoms. The number of hydrogen-bond acceptors (Lipinski definition) is 4. The zero-order valence-corrected chi connectivity index (χ0v) is 14.7. The number of amides is 1. The van der Waals surface area contributed by atoms with E-state index in [0.717, 1.165) is 25.2 Å². The molecule has 128 valence electrons. The van der Waals surface area contributed by atoms with Crippen LogP contribution >= 0.6 is 23.2 Å². The second kappa shape index (κ2) is 8.85. The summed E-state index contributed by atoms with van der Waals surface area (Å²) in [4.78, 5) is 16.6. The second-order valence-corrected chi connectivity index (χ2v) is 6.35. The van der Waals surface area contributed by atoms with Gasteiger partial charge in [-0.3, -0.25) is 9.69 Å². The predicted molar refractivity (Wildman–Crippen MR) is 91.4 cm³/mol. The summed E-state index contributed by atoms with van der Waals surface area (Å²) in [6.07, 6.45) is 0. The summed E-state index contributed by atoms with van der Waals surface area (Å²) in [6.45, 7) is 6.60. The summed E-state index contributed by atoms with van der Waals surface area (Å²) in [6, 6.07) is 3.36. The molecule has 1 aliphatic rings. The van der Waals surface area contributed by atoms with Crippen molar-refractivity contribution in [3.8, 4) is 0 Å². The molecule has 1 aromatic rings. The maximum absolute atomic E-state index is 12.6. The van der Waals surface area contributed by atoms with Crippen LogP contribution < -0.4 is 0 Å². The minimum Gasteiger partial charge on any atom is -0.394 e. The van der Waals surface area contributed by atoms with Crippen LogP contribution in [0.15, 0.2) is 12.1 Å². The molecule has 0 bridgehead atoms. The molecule has 0 spiro atoms. The van der Waals surface area contributed by atoms with Gasteiger partial charge in [0.15, 0.2) is 0 Å². The van der Waals surface area contributed by atoms with Gasteiger partial charge in [-0.15, -0.1) is 0 Å². The molecule has 0 unspecified atom stereocenters. The standard InChI is InChI=1S/C16H22Cl2N2O3/c1-12-14(17)10-13(11-15(12)18)16(22)20-4-2-19(3-5-20)6-8-23-9-7-21/h10-11,21H,2-9H2,1H3. The summed E-state index contributed by atoms with van der Waals surface area (Å²) < 4.78 is 5.27. The zero-order valence-electron chi connectivity index (χ0n) is 13.2. The van der Waals surface area contributed by atoms with Crippen LogP contribution in [0, 0.1) is 6.92 Å². The highest BCUT2D eigenvalue weighted by molar-refractivity contribution is 6.36. The Morgan fingerprint density at radius 2 is 1.78 bits per heavy atom. The van der Waals surface area contributed by atoms with E-state index in [4.69, 9.17) is 33.0 Å². The lowest BCUT2D eigenvalue weighted by Crippen LogP contribution is -2.49. The Balaban J connectivity index is 1.86. The van der Waals surface area contributed by atoms with Gasteiger partial charge in [0.2, 0.25) is 0 Å². The van der Waals surface area contributed by atoms with Gasteiger partial charge in [0.05, 0.1) is 19.8 Å². The number of carbonyl (C=O) groups is 1. The van der Waals surface area contributed by atoms with Gasteiger partial charge in [0.25, 0.3) is 5.91 Å². The number of rotatable bonds is 6. The monoisotopic (exact) mass is 360 g/mol. The Morgan fingerprint density at radius 1 is 1.17 bits per heavy atom. The van der Waals surface area contributed by atoms with Crippen LogP contribution in [0.4, 0.5) is 0 Å². The largest absolute Gasteiger partial charge is 0.394 e. The number of halogens is 2. The first-order valence-corrected chi connectivity index (χ1v) is 8.44. The van der Waals surface area contributed by atoms with E-state index in [1.54, 1.807) is 12.1 Å². The Labute approximate surface area is 146 Å². The van der Waals surface area contributed by atoms with E-state index in [0.29, 0.717) is 41.9 Å². The SMILES string of the molecule is Cc1c(Cl)cc(C(=O)N2CCN(CCOCCO)CC2)cc1Cl. The van der Waals surface area contributed by atoms with Crippen molar-refractivity contribution in [2.24, 2.45) is 0 Å². The van der Waals surface area contributed by atoms with Gasteiger partial charge in [0, 0.05) is 48.3 Å². The molecule has 1 amide bonds. The van der Waals surface area contributed by atoms with Gasteiger partial charge in [-0.25, -0.2) is 0 Å². The first-order valence-electron chi connectivity index (χ1n) is 7.69. The van der Waals surface area contributed by atoms with Crippen LogP contribution in [0.5, 0.6) is 0 Å². The fraction of sp³-hybridized carbons (Fsp3) is 0.562. The Bertz CT molecular complexity index is 523. The van der Waals surface area contributed by atoms with Crippen LogP contribution in [0.25, 0.3) is 0 Å². The van der Waals surface area contributed by atoms with Crippen molar-refractivity contribution >= 4 is 29.1 Å². The van der Waals surface area contributed by atoms with Gasteiger partial charge < -0.3 is 14.7 Å². The van der Waals surface area contributed by atoms with Crippen molar-refractivity contribution in [2.75, 3.05) is 52.5 Å². The van der Waals surface area contributed by atoms with E-state index in [1.807, 2.05) is 11.8 Å². The lowest BCUT2D eigenvalue weighted by atomic mass is 10.1. The molecular weight excluding hydrogens is 339 g/mol. The van der Waals surface area contributed by atoms with Crippen LogP contribution in [-0.4, -0.2) is 73.4 Å². The second-order valence-electron chi connectivity index (χ2n) is 5.53. The quantitative estimate of drug-likeness (QED) is 0.789. The van der Waals surface area contributed by atoms with Crippen molar-refractivity contribution in [3.63, 3.8) is 0 Å². The molecule has 1 saturated heterocycles. The molecule has 1 aliphatic heterocycles. The lowest BCUT2D eigenvalue weighted by molar-refractivity contribution is 0.0486. The number of carbonyl (C=O) groups excluding carboxylic acids is 1. The molecule has 1 aromatic carbocycles. The highest BCUT2D eigenvalue weighted by atomic mass is 35.5. The normalized spacial score (nSPS) is 15.9. The van der Waals surface area contributed by atoms with Crippen LogP contribution in [-0.2, 0) is 4.74 Å². The smallest absolute Gasteiger partial charge is 0.254 e. The molecule has 2 rings (SSSR count). The number of piperazine rings is 1. The fourth-order valence-corrected chi connectivity index (χ4v) is 2.97. The van der Waals surface area contributed by atoms with Crippen LogP contribution in [0.2, 0.25) is 10.0 Å². The number of nitrogens with zero attached hydrogens (tertiary/aromatic N) is 2. The maximum Gasteiger partial charge on any atom is 0.254 e. The van der Waals surface area contributed by atoms with Crippen molar-refractivity contribution < 1.29 is 14.6 Å². The molecule has 23 heavy (non-hydrogen) atoms. The number of ether oxygens (including phenoxy) is 1. The third kappa shape index (κ3) is 5.06. The van der Waals surface area contributed by atoms with E-state index in [1.165, 1.54) is 0 Å². The number of benzene rings is 1. The minimum atomic E-state index is -0.0371. The van der Waals surface area contributed by atoms with E-state index in [2.05, 4.69) is 4.90 Å². The molecule has 5 nitrogen and oxygen atoms in total. The van der Waals surface area contributed by atoms with Gasteiger partial charge in [-0.05, 0) is 24.6 Å². The van der Waals surface area contributed by atoms with Crippen molar-refractivity contribution in [1.82, 2.24) is 9.80 Å². The van der Waals surface area contributed by atoms with Crippen molar-refractivity contribution in [2.45, 2.75) is 6.92 Å². The third-order valence-electron chi connectivity index (χ3n) is 3.97. The average Bonchev–Trinajstić information content (AvgIpc) is 2.56. The molecular formula is C16H22Cl2N2O3. The Morgan fingerprint density at radius 3 is 2.35 bits per heavy atom. The topological polar surface area (TPSA) is 53.0 Å². The molecule has 0 radical (unpaired) electrons. The summed E-state index contributed by atoms with van der Waals surface area (Å²) >= 11 is 12.2. The Kier molecular flexibility index (Phi) is 7.11. The average molecular weight is 361 g/mol. The van der Waals surface area contributed by atoms with Crippen LogP contribution in [0.1, 0.15) is 15.9 Å². The molecule has 0 saturated carbocycles. The summed E-state index contributed by atoms with van der Waals surface area (Å²) in [5.74, 6) is -0.0371. The Hall–Kier alpha value is -0.850. The van der Waals surface area contributed by atoms with Crippen molar-refractivity contribution in [1.29, 1.82) is 0 Å². The lowest BCUT2D eigenvalue weighted by Gasteiger charge is -2.34. The third-order valence-corrected chi connectivity index (χ3v) is 4.76. The van der Waals surface area contributed by atoms with E-state index >= 15 is 0 Å². The zero-order chi connectivity index (χ0) is 16.8. The number of aliphatic hydroxyl groups excluding tert-OH is 1. The highest BCUT2D eigenvalue weighted by Crippen LogP contribution is 2.26. The molecule has 0 aromatic heterocycles. The van der Waals surface area contributed by atoms with E-state index in [9.17, 15) is 4.79 Å². The predicted octanol–water partition coefficient (Wildman–Crippen LogP) is 2.07. The molecule has 0 aliphatic carbocycles. The minimum absolute atomic E-state index is 0.0371. The van der Waals surface area contributed by atoms with E-state index in [-0.39, 0.29) is 12.5 Å². The first kappa shape index (κ1) is 18.5. The first-order chi connectivity index (χ1) is 11.0. The number of hydrogen-bond donors (Lipinski definition) is 1. The molecule has 1 heterocycles. The maximum atomic E-state index is 12.6. The van der Waals surface area contributed by atoms with Crippen LogP contribution in [0.3, 0.4) is 0 Å².